The molecule has 8 heteroatoms. The van der Waals surface area contributed by atoms with Gasteiger partial charge in [0, 0.05) is 24.4 Å². The summed E-state index contributed by atoms with van der Waals surface area (Å²) in [6.45, 7) is 0.291. The van der Waals surface area contributed by atoms with Gasteiger partial charge in [0.05, 0.1) is 12.8 Å². The molecule has 0 saturated heterocycles. The SMILES string of the molecule is COc1ccc(Oc2ccc(CNC(=O)c3cc(-c4ccc(F)cc4)n[nH]3)cn2)cc1. The van der Waals surface area contributed by atoms with Crippen molar-refractivity contribution in [2.24, 2.45) is 0 Å². The van der Waals surface area contributed by atoms with Crippen molar-refractivity contribution in [2.45, 2.75) is 6.54 Å². The number of H-pyrrole nitrogens is 1. The van der Waals surface area contributed by atoms with E-state index in [1.807, 2.05) is 6.07 Å². The Labute approximate surface area is 177 Å². The van der Waals surface area contributed by atoms with Crippen LogP contribution >= 0.6 is 0 Å². The highest BCUT2D eigenvalue weighted by atomic mass is 19.1. The Morgan fingerprint density at radius 3 is 2.45 bits per heavy atom. The lowest BCUT2D eigenvalue weighted by Crippen LogP contribution is -2.23. The van der Waals surface area contributed by atoms with Gasteiger partial charge in [0.15, 0.2) is 0 Å². The quantitative estimate of drug-likeness (QED) is 0.466. The van der Waals surface area contributed by atoms with Crippen LogP contribution in [0.25, 0.3) is 11.3 Å². The van der Waals surface area contributed by atoms with Crippen molar-refractivity contribution in [1.82, 2.24) is 20.5 Å². The fourth-order valence-electron chi connectivity index (χ4n) is 2.82. The minimum absolute atomic E-state index is 0.291. The number of carbonyl (C=O) groups excluding carboxylic acids is 1. The van der Waals surface area contributed by atoms with E-state index in [9.17, 15) is 9.18 Å². The van der Waals surface area contributed by atoms with Gasteiger partial charge in [-0.15, -0.1) is 0 Å². The lowest BCUT2D eigenvalue weighted by molar-refractivity contribution is 0.0946. The Kier molecular flexibility index (Phi) is 5.89. The molecule has 0 saturated carbocycles. The number of rotatable bonds is 7. The Balaban J connectivity index is 1.32. The number of nitrogens with zero attached hydrogens (tertiary/aromatic N) is 2. The Morgan fingerprint density at radius 1 is 1.03 bits per heavy atom. The van der Waals surface area contributed by atoms with Crippen LogP contribution in [0.3, 0.4) is 0 Å². The predicted octanol–water partition coefficient (Wildman–Crippen LogP) is 4.34. The summed E-state index contributed by atoms with van der Waals surface area (Å²) in [7, 11) is 1.60. The summed E-state index contributed by atoms with van der Waals surface area (Å²) >= 11 is 0. The van der Waals surface area contributed by atoms with Crippen LogP contribution in [-0.2, 0) is 6.54 Å². The number of halogens is 1. The molecule has 2 aromatic carbocycles. The third kappa shape index (κ3) is 5.05. The number of methoxy groups -OCH3 is 1. The molecule has 2 N–H and O–H groups in total. The fourth-order valence-corrected chi connectivity index (χ4v) is 2.82. The van der Waals surface area contributed by atoms with Crippen LogP contribution in [0, 0.1) is 5.82 Å². The van der Waals surface area contributed by atoms with E-state index in [4.69, 9.17) is 9.47 Å². The second kappa shape index (κ2) is 9.08. The fraction of sp³-hybridized carbons (Fsp3) is 0.0870. The molecule has 2 aromatic heterocycles. The molecule has 0 aliphatic heterocycles. The molecular formula is C23H19FN4O3. The smallest absolute Gasteiger partial charge is 0.269 e. The van der Waals surface area contributed by atoms with Gasteiger partial charge in [-0.1, -0.05) is 6.07 Å². The van der Waals surface area contributed by atoms with Gasteiger partial charge in [0.1, 0.15) is 23.0 Å². The maximum Gasteiger partial charge on any atom is 0.269 e. The second-order valence-electron chi connectivity index (χ2n) is 6.64. The Morgan fingerprint density at radius 2 is 1.77 bits per heavy atom. The van der Waals surface area contributed by atoms with E-state index in [1.54, 1.807) is 61.8 Å². The number of amides is 1. The van der Waals surface area contributed by atoms with Crippen molar-refractivity contribution < 1.29 is 18.7 Å². The number of hydrogen-bond acceptors (Lipinski definition) is 5. The first-order valence-electron chi connectivity index (χ1n) is 9.47. The predicted molar refractivity (Wildman–Crippen MR) is 112 cm³/mol. The third-order valence-electron chi connectivity index (χ3n) is 4.49. The molecule has 4 aromatic rings. The minimum Gasteiger partial charge on any atom is -0.497 e. The monoisotopic (exact) mass is 418 g/mol. The van der Waals surface area contributed by atoms with E-state index in [2.05, 4.69) is 20.5 Å². The molecule has 156 valence electrons. The first-order valence-corrected chi connectivity index (χ1v) is 9.47. The van der Waals surface area contributed by atoms with Gasteiger partial charge >= 0.3 is 0 Å². The van der Waals surface area contributed by atoms with Crippen LogP contribution in [-0.4, -0.2) is 28.2 Å². The normalized spacial score (nSPS) is 10.5. The van der Waals surface area contributed by atoms with Gasteiger partial charge < -0.3 is 14.8 Å². The van der Waals surface area contributed by atoms with E-state index >= 15 is 0 Å². The van der Waals surface area contributed by atoms with Crippen molar-refractivity contribution in [3.8, 4) is 28.6 Å². The highest BCUT2D eigenvalue weighted by Gasteiger charge is 2.11. The highest BCUT2D eigenvalue weighted by molar-refractivity contribution is 5.93. The zero-order chi connectivity index (χ0) is 21.6. The van der Waals surface area contributed by atoms with Crippen LogP contribution in [0.5, 0.6) is 17.4 Å². The molecule has 2 heterocycles. The van der Waals surface area contributed by atoms with Gasteiger partial charge in [-0.2, -0.15) is 5.10 Å². The topological polar surface area (TPSA) is 89.1 Å². The maximum absolute atomic E-state index is 13.0. The van der Waals surface area contributed by atoms with Gasteiger partial charge in [-0.25, -0.2) is 9.37 Å². The maximum atomic E-state index is 13.0. The number of ether oxygens (including phenoxy) is 2. The average molecular weight is 418 g/mol. The summed E-state index contributed by atoms with van der Waals surface area (Å²) in [5.74, 6) is 1.20. The third-order valence-corrected chi connectivity index (χ3v) is 4.49. The number of nitrogens with one attached hydrogen (secondary N) is 2. The van der Waals surface area contributed by atoms with Crippen molar-refractivity contribution >= 4 is 5.91 Å². The Bertz CT molecular complexity index is 1160. The van der Waals surface area contributed by atoms with E-state index in [1.165, 1.54) is 12.1 Å². The molecule has 0 unspecified atom stereocenters. The molecule has 0 aliphatic rings. The number of hydrogen-bond donors (Lipinski definition) is 2. The van der Waals surface area contributed by atoms with Gasteiger partial charge in [-0.05, 0) is 60.2 Å². The molecule has 0 atom stereocenters. The summed E-state index contributed by atoms with van der Waals surface area (Å²) in [5.41, 5.74) is 2.40. The van der Waals surface area contributed by atoms with Gasteiger partial charge in [-0.3, -0.25) is 9.89 Å². The van der Waals surface area contributed by atoms with E-state index < -0.39 is 0 Å². The average Bonchev–Trinajstić information content (AvgIpc) is 3.30. The van der Waals surface area contributed by atoms with Crippen LogP contribution in [0.4, 0.5) is 4.39 Å². The molecule has 4 rings (SSSR count). The highest BCUT2D eigenvalue weighted by Crippen LogP contribution is 2.22. The molecule has 0 spiro atoms. The number of benzene rings is 2. The summed E-state index contributed by atoms with van der Waals surface area (Å²) in [5, 5.41) is 9.61. The summed E-state index contributed by atoms with van der Waals surface area (Å²) < 4.78 is 23.9. The zero-order valence-corrected chi connectivity index (χ0v) is 16.6. The summed E-state index contributed by atoms with van der Waals surface area (Å²) in [4.78, 5) is 16.6. The van der Waals surface area contributed by atoms with Crippen LogP contribution in [0.2, 0.25) is 0 Å². The van der Waals surface area contributed by atoms with Gasteiger partial charge in [0.2, 0.25) is 5.88 Å². The lowest BCUT2D eigenvalue weighted by Gasteiger charge is -2.07. The molecule has 31 heavy (non-hydrogen) atoms. The van der Waals surface area contributed by atoms with E-state index in [-0.39, 0.29) is 11.7 Å². The number of aromatic nitrogens is 3. The van der Waals surface area contributed by atoms with E-state index in [0.717, 1.165) is 11.3 Å². The molecule has 0 radical (unpaired) electrons. The van der Waals surface area contributed by atoms with Crippen LogP contribution < -0.4 is 14.8 Å². The number of carbonyl (C=O) groups is 1. The molecule has 0 aliphatic carbocycles. The molecular weight excluding hydrogens is 399 g/mol. The first kappa shape index (κ1) is 20.1. The van der Waals surface area contributed by atoms with Crippen molar-refractivity contribution in [1.29, 1.82) is 0 Å². The summed E-state index contributed by atoms with van der Waals surface area (Å²) in [6, 6.07) is 18.3. The van der Waals surface area contributed by atoms with Crippen LogP contribution in [0.1, 0.15) is 16.1 Å². The van der Waals surface area contributed by atoms with Gasteiger partial charge in [0.25, 0.3) is 5.91 Å². The minimum atomic E-state index is -0.328. The molecule has 7 nitrogen and oxygen atoms in total. The largest absolute Gasteiger partial charge is 0.497 e. The molecule has 0 fully saturated rings. The number of aromatic amines is 1. The van der Waals surface area contributed by atoms with Crippen LogP contribution in [0.15, 0.2) is 72.9 Å². The Hall–Kier alpha value is -4.20. The second-order valence-corrected chi connectivity index (χ2v) is 6.64. The van der Waals surface area contributed by atoms with Crippen molar-refractivity contribution in [2.75, 3.05) is 7.11 Å². The molecule has 1 amide bonds. The first-order chi connectivity index (χ1) is 15.1. The zero-order valence-electron chi connectivity index (χ0n) is 16.6. The van der Waals surface area contributed by atoms with E-state index in [0.29, 0.717) is 35.1 Å². The summed E-state index contributed by atoms with van der Waals surface area (Å²) in [6.07, 6.45) is 1.63. The number of pyridine rings is 1. The lowest BCUT2D eigenvalue weighted by atomic mass is 10.1. The standard InChI is InChI=1S/C23H19FN4O3/c1-30-18-7-9-19(10-8-18)31-22-11-2-15(13-25-22)14-26-23(29)21-12-20(27-28-21)16-3-5-17(24)6-4-16/h2-13H,14H2,1H3,(H,26,29)(H,27,28). The van der Waals surface area contributed by atoms with Crippen molar-refractivity contribution in [3.05, 3.63) is 90.0 Å². The van der Waals surface area contributed by atoms with Crippen molar-refractivity contribution in [3.63, 3.8) is 0 Å². The molecule has 0 bridgehead atoms.